The molecule has 4 heterocycles. The topological polar surface area (TPSA) is 54.3 Å². The minimum absolute atomic E-state index is 0.134. The Kier molecular flexibility index (Phi) is 4.46. The normalized spacial score (nSPS) is 14.7. The molecule has 7 heteroatoms. The largest absolute Gasteiger partial charge is 0.353 e. The summed E-state index contributed by atoms with van der Waals surface area (Å²) < 4.78 is 1.98. The number of aromatic nitrogens is 3. The lowest BCUT2D eigenvalue weighted by Gasteiger charge is -2.35. The molecule has 26 heavy (non-hydrogen) atoms. The molecule has 1 amide bonds. The number of amides is 1. The molecule has 3 aromatic heterocycles. The maximum absolute atomic E-state index is 12.6. The number of carbonyl (C=O) groups excluding carboxylic acids is 1. The van der Waals surface area contributed by atoms with Gasteiger partial charge >= 0.3 is 0 Å². The van der Waals surface area contributed by atoms with Gasteiger partial charge in [0.15, 0.2) is 0 Å². The van der Waals surface area contributed by atoms with E-state index in [0.29, 0.717) is 13.1 Å². The SMILES string of the molecule is Cc1csc(C(=O)N2CCN(c3cc(-n4cccc4)nc(C)n3)CC2)c1. The van der Waals surface area contributed by atoms with Gasteiger partial charge in [0.05, 0.1) is 4.88 Å². The monoisotopic (exact) mass is 367 g/mol. The van der Waals surface area contributed by atoms with Crippen molar-refractivity contribution in [3.05, 3.63) is 58.3 Å². The number of aryl methyl sites for hydroxylation is 2. The second-order valence-corrected chi connectivity index (χ2v) is 7.40. The van der Waals surface area contributed by atoms with Crippen LogP contribution in [0.5, 0.6) is 0 Å². The number of nitrogens with zero attached hydrogens (tertiary/aromatic N) is 5. The van der Waals surface area contributed by atoms with E-state index in [1.165, 1.54) is 11.3 Å². The molecule has 0 unspecified atom stereocenters. The van der Waals surface area contributed by atoms with E-state index in [9.17, 15) is 4.79 Å². The fourth-order valence-corrected chi connectivity index (χ4v) is 4.02. The Bertz CT molecular complexity index is 910. The van der Waals surface area contributed by atoms with Gasteiger partial charge in [0.25, 0.3) is 5.91 Å². The van der Waals surface area contributed by atoms with Gasteiger partial charge in [-0.3, -0.25) is 4.79 Å². The lowest BCUT2D eigenvalue weighted by Crippen LogP contribution is -2.49. The van der Waals surface area contributed by atoms with Gasteiger partial charge in [0.1, 0.15) is 17.5 Å². The quantitative estimate of drug-likeness (QED) is 0.714. The summed E-state index contributed by atoms with van der Waals surface area (Å²) in [5, 5.41) is 2.02. The Morgan fingerprint density at radius 2 is 1.69 bits per heavy atom. The first-order valence-corrected chi connectivity index (χ1v) is 9.56. The van der Waals surface area contributed by atoms with E-state index in [1.807, 2.05) is 65.4 Å². The van der Waals surface area contributed by atoms with Crippen LogP contribution in [0.25, 0.3) is 5.82 Å². The third-order valence-electron chi connectivity index (χ3n) is 4.51. The van der Waals surface area contributed by atoms with E-state index in [2.05, 4.69) is 14.9 Å². The Morgan fingerprint density at radius 3 is 2.35 bits per heavy atom. The first-order valence-electron chi connectivity index (χ1n) is 8.68. The molecule has 0 atom stereocenters. The van der Waals surface area contributed by atoms with E-state index < -0.39 is 0 Å². The second kappa shape index (κ2) is 6.92. The highest BCUT2D eigenvalue weighted by Crippen LogP contribution is 2.20. The molecule has 1 aliphatic rings. The van der Waals surface area contributed by atoms with Crippen LogP contribution in [0.1, 0.15) is 21.1 Å². The van der Waals surface area contributed by atoms with E-state index in [4.69, 9.17) is 0 Å². The molecule has 6 nitrogen and oxygen atoms in total. The third-order valence-corrected chi connectivity index (χ3v) is 5.55. The van der Waals surface area contributed by atoms with E-state index in [0.717, 1.165) is 41.0 Å². The second-order valence-electron chi connectivity index (χ2n) is 6.49. The van der Waals surface area contributed by atoms with Gasteiger partial charge in [-0.2, -0.15) is 0 Å². The molecular formula is C19H21N5OS. The van der Waals surface area contributed by atoms with Gasteiger partial charge in [-0.1, -0.05) is 0 Å². The van der Waals surface area contributed by atoms with Crippen LogP contribution in [0.2, 0.25) is 0 Å². The number of piperazine rings is 1. The molecule has 1 aliphatic heterocycles. The molecule has 0 N–H and O–H groups in total. The van der Waals surface area contributed by atoms with Crippen LogP contribution in [0.3, 0.4) is 0 Å². The average Bonchev–Trinajstić information content (AvgIpc) is 3.32. The lowest BCUT2D eigenvalue weighted by atomic mass is 10.2. The van der Waals surface area contributed by atoms with E-state index in [-0.39, 0.29) is 5.91 Å². The van der Waals surface area contributed by atoms with Crippen molar-refractivity contribution in [3.8, 4) is 5.82 Å². The van der Waals surface area contributed by atoms with Crippen LogP contribution >= 0.6 is 11.3 Å². The van der Waals surface area contributed by atoms with Crippen molar-refractivity contribution >= 4 is 23.1 Å². The van der Waals surface area contributed by atoms with Crippen molar-refractivity contribution in [1.82, 2.24) is 19.4 Å². The first-order chi connectivity index (χ1) is 12.6. The smallest absolute Gasteiger partial charge is 0.264 e. The Morgan fingerprint density at radius 1 is 1.00 bits per heavy atom. The lowest BCUT2D eigenvalue weighted by molar-refractivity contribution is 0.0751. The molecule has 0 saturated carbocycles. The Hall–Kier alpha value is -2.67. The maximum Gasteiger partial charge on any atom is 0.264 e. The molecule has 134 valence electrons. The van der Waals surface area contributed by atoms with Crippen molar-refractivity contribution < 1.29 is 4.79 Å². The van der Waals surface area contributed by atoms with Gasteiger partial charge in [-0.05, 0) is 43.0 Å². The van der Waals surface area contributed by atoms with Crippen LogP contribution in [0, 0.1) is 13.8 Å². The molecule has 0 aromatic carbocycles. The zero-order chi connectivity index (χ0) is 18.1. The Balaban J connectivity index is 1.47. The molecule has 0 aliphatic carbocycles. The minimum Gasteiger partial charge on any atom is -0.353 e. The number of anilines is 1. The number of thiophene rings is 1. The minimum atomic E-state index is 0.134. The summed E-state index contributed by atoms with van der Waals surface area (Å²) in [6, 6.07) is 7.94. The van der Waals surface area contributed by atoms with Crippen molar-refractivity contribution in [1.29, 1.82) is 0 Å². The van der Waals surface area contributed by atoms with Gasteiger partial charge in [0, 0.05) is 44.6 Å². The summed E-state index contributed by atoms with van der Waals surface area (Å²) >= 11 is 1.52. The molecule has 0 spiro atoms. The van der Waals surface area contributed by atoms with Crippen LogP contribution in [-0.2, 0) is 0 Å². The fourth-order valence-electron chi connectivity index (χ4n) is 3.16. The molecular weight excluding hydrogens is 346 g/mol. The number of rotatable bonds is 3. The number of hydrogen-bond acceptors (Lipinski definition) is 5. The maximum atomic E-state index is 12.6. The summed E-state index contributed by atoms with van der Waals surface area (Å²) in [7, 11) is 0. The van der Waals surface area contributed by atoms with E-state index >= 15 is 0 Å². The highest BCUT2D eigenvalue weighted by molar-refractivity contribution is 7.12. The molecule has 1 saturated heterocycles. The number of carbonyl (C=O) groups is 1. The van der Waals surface area contributed by atoms with Crippen LogP contribution in [-0.4, -0.2) is 51.5 Å². The van der Waals surface area contributed by atoms with Gasteiger partial charge in [-0.25, -0.2) is 9.97 Å². The highest BCUT2D eigenvalue weighted by Gasteiger charge is 2.24. The van der Waals surface area contributed by atoms with Crippen LogP contribution < -0.4 is 4.90 Å². The zero-order valence-electron chi connectivity index (χ0n) is 14.9. The predicted molar refractivity (Wildman–Crippen MR) is 103 cm³/mol. The van der Waals surface area contributed by atoms with Crippen molar-refractivity contribution in [2.24, 2.45) is 0 Å². The van der Waals surface area contributed by atoms with Crippen LogP contribution in [0.15, 0.2) is 42.0 Å². The predicted octanol–water partition coefficient (Wildman–Crippen LogP) is 2.91. The molecule has 0 bridgehead atoms. The first kappa shape index (κ1) is 16.8. The summed E-state index contributed by atoms with van der Waals surface area (Å²) in [6.07, 6.45) is 3.95. The summed E-state index contributed by atoms with van der Waals surface area (Å²) in [4.78, 5) is 26.7. The van der Waals surface area contributed by atoms with Crippen molar-refractivity contribution in [3.63, 3.8) is 0 Å². The third kappa shape index (κ3) is 3.35. The average molecular weight is 367 g/mol. The van der Waals surface area contributed by atoms with Crippen molar-refractivity contribution in [2.75, 3.05) is 31.1 Å². The number of hydrogen-bond donors (Lipinski definition) is 0. The van der Waals surface area contributed by atoms with Gasteiger partial charge in [0.2, 0.25) is 0 Å². The van der Waals surface area contributed by atoms with E-state index in [1.54, 1.807) is 0 Å². The summed E-state index contributed by atoms with van der Waals surface area (Å²) in [6.45, 7) is 6.89. The van der Waals surface area contributed by atoms with Crippen molar-refractivity contribution in [2.45, 2.75) is 13.8 Å². The summed E-state index contributed by atoms with van der Waals surface area (Å²) in [5.41, 5.74) is 1.14. The standard InChI is InChI=1S/C19H21N5OS/c1-14-11-16(26-13-14)19(25)24-9-7-23(8-10-24)18-12-17(20-15(2)21-18)22-5-3-4-6-22/h3-6,11-13H,7-10H2,1-2H3. The zero-order valence-corrected chi connectivity index (χ0v) is 15.7. The molecule has 1 fully saturated rings. The highest BCUT2D eigenvalue weighted by atomic mass is 32.1. The Labute approximate surface area is 156 Å². The molecule has 4 rings (SSSR count). The molecule has 3 aromatic rings. The molecule has 0 radical (unpaired) electrons. The summed E-state index contributed by atoms with van der Waals surface area (Å²) in [5.74, 6) is 2.67. The van der Waals surface area contributed by atoms with Crippen LogP contribution in [0.4, 0.5) is 5.82 Å². The fraction of sp³-hybridized carbons (Fsp3) is 0.316. The van der Waals surface area contributed by atoms with Gasteiger partial charge in [-0.15, -0.1) is 11.3 Å². The van der Waals surface area contributed by atoms with Gasteiger partial charge < -0.3 is 14.4 Å².